The molecule has 4 nitrogen and oxygen atoms in total. The van der Waals surface area contributed by atoms with Gasteiger partial charge in [0.15, 0.2) is 5.11 Å². The molecule has 0 saturated carbocycles. The van der Waals surface area contributed by atoms with E-state index in [1.165, 1.54) is 19.3 Å². The molecule has 1 saturated heterocycles. The summed E-state index contributed by atoms with van der Waals surface area (Å²) in [5, 5.41) is 2.18. The molecule has 64 valence electrons. The zero-order chi connectivity index (χ0) is 8.10. The summed E-state index contributed by atoms with van der Waals surface area (Å²) in [6.45, 7) is 1.95. The summed E-state index contributed by atoms with van der Waals surface area (Å²) < 4.78 is 0. The van der Waals surface area contributed by atoms with Crippen molar-refractivity contribution in [3.8, 4) is 0 Å². The molecule has 0 aromatic rings. The Hall–Kier alpha value is -0.390. The van der Waals surface area contributed by atoms with Gasteiger partial charge in [-0.3, -0.25) is 5.43 Å². The van der Waals surface area contributed by atoms with Crippen molar-refractivity contribution in [2.24, 2.45) is 5.73 Å². The highest BCUT2D eigenvalue weighted by Crippen LogP contribution is 1.99. The molecule has 1 heterocycles. The van der Waals surface area contributed by atoms with Crippen molar-refractivity contribution in [3.63, 3.8) is 0 Å². The Morgan fingerprint density at radius 3 is 3.00 bits per heavy atom. The molecule has 0 atom stereocenters. The number of hydrogen-bond acceptors (Lipinski definition) is 3. The molecule has 0 aliphatic carbocycles. The summed E-state index contributed by atoms with van der Waals surface area (Å²) in [6, 6.07) is 0. The molecule has 11 heavy (non-hydrogen) atoms. The lowest BCUT2D eigenvalue weighted by Crippen LogP contribution is -2.52. The minimum atomic E-state index is 0.319. The zero-order valence-corrected chi connectivity index (χ0v) is 7.28. The lowest BCUT2D eigenvalue weighted by atomic mass is 10.2. The molecule has 1 rings (SSSR count). The molecule has 5 heteroatoms. The van der Waals surface area contributed by atoms with Crippen molar-refractivity contribution in [1.82, 2.24) is 16.0 Å². The van der Waals surface area contributed by atoms with Crippen molar-refractivity contribution in [1.29, 1.82) is 0 Å². The fraction of sp³-hybridized carbons (Fsp3) is 0.833. The second-order valence-electron chi connectivity index (χ2n) is 2.60. The largest absolute Gasteiger partial charge is 0.375 e. The predicted octanol–water partition coefficient (Wildman–Crippen LogP) is -0.275. The van der Waals surface area contributed by atoms with Crippen molar-refractivity contribution in [2.75, 3.05) is 13.1 Å². The van der Waals surface area contributed by atoms with Crippen LogP contribution in [0.5, 0.6) is 0 Å². The first-order valence-corrected chi connectivity index (χ1v) is 4.27. The van der Waals surface area contributed by atoms with Crippen molar-refractivity contribution in [3.05, 3.63) is 0 Å². The molecular weight excluding hydrogens is 160 g/mol. The first-order valence-electron chi connectivity index (χ1n) is 3.86. The van der Waals surface area contributed by atoms with E-state index < -0.39 is 0 Å². The Labute approximate surface area is 72.1 Å². The van der Waals surface area contributed by atoms with E-state index in [1.54, 1.807) is 0 Å². The molecule has 0 aromatic heterocycles. The van der Waals surface area contributed by atoms with Crippen LogP contribution in [0.1, 0.15) is 19.3 Å². The highest BCUT2D eigenvalue weighted by atomic mass is 32.1. The molecule has 0 bridgehead atoms. The highest BCUT2D eigenvalue weighted by Gasteiger charge is 2.06. The van der Waals surface area contributed by atoms with Crippen LogP contribution in [-0.2, 0) is 0 Å². The van der Waals surface area contributed by atoms with E-state index in [9.17, 15) is 0 Å². The first-order chi connectivity index (χ1) is 5.29. The van der Waals surface area contributed by atoms with E-state index >= 15 is 0 Å². The molecular formula is C6H14N4S. The minimum Gasteiger partial charge on any atom is -0.375 e. The number of rotatable bonds is 1. The van der Waals surface area contributed by atoms with Crippen LogP contribution in [0.15, 0.2) is 0 Å². The van der Waals surface area contributed by atoms with Gasteiger partial charge in [0.2, 0.25) is 0 Å². The van der Waals surface area contributed by atoms with Crippen LogP contribution in [0.2, 0.25) is 0 Å². The molecule has 1 aliphatic heterocycles. The van der Waals surface area contributed by atoms with Crippen LogP contribution in [0.25, 0.3) is 0 Å². The zero-order valence-electron chi connectivity index (χ0n) is 6.47. The van der Waals surface area contributed by atoms with Crippen molar-refractivity contribution >= 4 is 17.3 Å². The Morgan fingerprint density at radius 1 is 1.45 bits per heavy atom. The maximum Gasteiger partial charge on any atom is 0.179 e. The van der Waals surface area contributed by atoms with Gasteiger partial charge in [-0.25, -0.2) is 5.43 Å². The average Bonchev–Trinajstić information content (AvgIpc) is 2.14. The summed E-state index contributed by atoms with van der Waals surface area (Å²) in [4.78, 5) is 0. The molecule has 0 radical (unpaired) electrons. The Balaban J connectivity index is 2.25. The predicted molar refractivity (Wildman–Crippen MR) is 48.5 cm³/mol. The van der Waals surface area contributed by atoms with Crippen LogP contribution in [-0.4, -0.2) is 23.3 Å². The number of nitrogens with one attached hydrogen (secondary N) is 2. The SMILES string of the molecule is NC(=S)NN1CCCCCN1. The molecule has 0 unspecified atom stereocenters. The molecule has 4 N–H and O–H groups in total. The van der Waals surface area contributed by atoms with Crippen molar-refractivity contribution in [2.45, 2.75) is 19.3 Å². The molecule has 0 amide bonds. The van der Waals surface area contributed by atoms with Gasteiger partial charge in [0.05, 0.1) is 0 Å². The monoisotopic (exact) mass is 174 g/mol. The average molecular weight is 174 g/mol. The fourth-order valence-electron chi connectivity index (χ4n) is 1.09. The maximum atomic E-state index is 5.31. The Kier molecular flexibility index (Phi) is 3.55. The Morgan fingerprint density at radius 2 is 2.27 bits per heavy atom. The van der Waals surface area contributed by atoms with E-state index in [0.29, 0.717) is 5.11 Å². The number of hydrogen-bond donors (Lipinski definition) is 3. The van der Waals surface area contributed by atoms with Crippen LogP contribution in [0.3, 0.4) is 0 Å². The van der Waals surface area contributed by atoms with Crippen LogP contribution in [0, 0.1) is 0 Å². The number of thiocarbonyl (C=S) groups is 1. The van der Waals surface area contributed by atoms with Gasteiger partial charge in [0.1, 0.15) is 0 Å². The third-order valence-electron chi connectivity index (χ3n) is 1.61. The van der Waals surface area contributed by atoms with E-state index in [4.69, 9.17) is 18.0 Å². The van der Waals surface area contributed by atoms with Gasteiger partial charge in [-0.2, -0.15) is 5.12 Å². The fourth-order valence-corrected chi connectivity index (χ4v) is 1.20. The molecule has 1 aliphatic rings. The molecule has 0 spiro atoms. The van der Waals surface area contributed by atoms with Gasteiger partial charge in [-0.1, -0.05) is 6.42 Å². The van der Waals surface area contributed by atoms with E-state index in [0.717, 1.165) is 13.1 Å². The van der Waals surface area contributed by atoms with Gasteiger partial charge in [0, 0.05) is 13.1 Å². The van der Waals surface area contributed by atoms with E-state index in [1.807, 2.05) is 5.12 Å². The second-order valence-corrected chi connectivity index (χ2v) is 3.04. The van der Waals surface area contributed by atoms with Gasteiger partial charge >= 0.3 is 0 Å². The van der Waals surface area contributed by atoms with Gasteiger partial charge in [-0.05, 0) is 25.1 Å². The summed E-state index contributed by atoms with van der Waals surface area (Å²) in [6.07, 6.45) is 3.67. The van der Waals surface area contributed by atoms with Gasteiger partial charge in [-0.15, -0.1) is 0 Å². The summed E-state index contributed by atoms with van der Waals surface area (Å²) in [7, 11) is 0. The van der Waals surface area contributed by atoms with Crippen molar-refractivity contribution < 1.29 is 0 Å². The number of hydrazine groups is 2. The summed E-state index contributed by atoms with van der Waals surface area (Å²) in [5.41, 5.74) is 11.3. The van der Waals surface area contributed by atoms with Crippen LogP contribution >= 0.6 is 12.2 Å². The summed E-state index contributed by atoms with van der Waals surface area (Å²) in [5.74, 6) is 0. The normalized spacial score (nSPS) is 20.7. The third kappa shape index (κ3) is 3.50. The lowest BCUT2D eigenvalue weighted by Gasteiger charge is -2.21. The van der Waals surface area contributed by atoms with E-state index in [-0.39, 0.29) is 0 Å². The second kappa shape index (κ2) is 4.48. The topological polar surface area (TPSA) is 53.3 Å². The standard InChI is InChI=1S/C6H14N4S/c7-6(11)9-10-5-3-1-2-4-8-10/h8H,1-5H2,(H3,7,9,11). The smallest absolute Gasteiger partial charge is 0.179 e. The van der Waals surface area contributed by atoms with Gasteiger partial charge in [0.25, 0.3) is 0 Å². The molecule has 0 aromatic carbocycles. The lowest BCUT2D eigenvalue weighted by molar-refractivity contribution is 0.165. The Bertz CT molecular complexity index is 131. The third-order valence-corrected chi connectivity index (χ3v) is 1.70. The van der Waals surface area contributed by atoms with Crippen LogP contribution in [0.4, 0.5) is 0 Å². The van der Waals surface area contributed by atoms with Crippen LogP contribution < -0.4 is 16.6 Å². The minimum absolute atomic E-state index is 0.319. The first kappa shape index (κ1) is 8.70. The van der Waals surface area contributed by atoms with Gasteiger partial charge < -0.3 is 5.73 Å². The number of nitrogens with two attached hydrogens (primary N) is 1. The summed E-state index contributed by atoms with van der Waals surface area (Å²) >= 11 is 4.71. The quantitative estimate of drug-likeness (QED) is 0.478. The number of nitrogens with zero attached hydrogens (tertiary/aromatic N) is 1. The highest BCUT2D eigenvalue weighted by molar-refractivity contribution is 7.80. The van der Waals surface area contributed by atoms with E-state index in [2.05, 4.69) is 10.9 Å². The maximum absolute atomic E-state index is 5.31. The molecule has 1 fully saturated rings.